The third-order valence-electron chi connectivity index (χ3n) is 3.39. The van der Waals surface area contributed by atoms with E-state index in [0.29, 0.717) is 19.7 Å². The molecule has 0 spiro atoms. The van der Waals surface area contributed by atoms with Gasteiger partial charge in [-0.25, -0.2) is 0 Å². The number of rotatable bonds is 5. The minimum absolute atomic E-state index is 0.175. The number of ether oxygens (including phenoxy) is 1. The summed E-state index contributed by atoms with van der Waals surface area (Å²) in [7, 11) is 1.84. The monoisotopic (exact) mass is 263 g/mol. The number of carbonyl (C=O) groups is 1. The molecule has 1 aromatic rings. The summed E-state index contributed by atoms with van der Waals surface area (Å²) in [5.41, 5.74) is 6.67. The van der Waals surface area contributed by atoms with Crippen LogP contribution in [0.2, 0.25) is 0 Å². The normalized spacial score (nSPS) is 16.7. The Kier molecular flexibility index (Phi) is 4.76. The SMILES string of the molecule is CN1CCN(CCOc2ccccc2CN)CC1=O. The van der Waals surface area contributed by atoms with Crippen LogP contribution in [-0.4, -0.2) is 55.5 Å². The number of nitrogens with two attached hydrogens (primary N) is 1. The van der Waals surface area contributed by atoms with Gasteiger partial charge < -0.3 is 15.4 Å². The first-order chi connectivity index (χ1) is 9.20. The van der Waals surface area contributed by atoms with Crippen LogP contribution < -0.4 is 10.5 Å². The number of para-hydroxylation sites is 1. The fourth-order valence-electron chi connectivity index (χ4n) is 2.10. The van der Waals surface area contributed by atoms with Gasteiger partial charge in [0.25, 0.3) is 0 Å². The van der Waals surface area contributed by atoms with Gasteiger partial charge in [-0.15, -0.1) is 0 Å². The molecule has 1 aliphatic rings. The molecule has 1 aromatic carbocycles. The zero-order chi connectivity index (χ0) is 13.7. The fraction of sp³-hybridized carbons (Fsp3) is 0.500. The van der Waals surface area contributed by atoms with Crippen molar-refractivity contribution in [3.05, 3.63) is 29.8 Å². The van der Waals surface area contributed by atoms with E-state index in [9.17, 15) is 4.79 Å². The fourth-order valence-corrected chi connectivity index (χ4v) is 2.10. The molecule has 2 rings (SSSR count). The van der Waals surface area contributed by atoms with Crippen molar-refractivity contribution >= 4 is 5.91 Å². The first kappa shape index (κ1) is 13.8. The summed E-state index contributed by atoms with van der Waals surface area (Å²) in [5, 5.41) is 0. The van der Waals surface area contributed by atoms with Gasteiger partial charge in [0.05, 0.1) is 6.54 Å². The van der Waals surface area contributed by atoms with E-state index in [1.807, 2.05) is 31.3 Å². The van der Waals surface area contributed by atoms with Crippen molar-refractivity contribution in [2.24, 2.45) is 5.73 Å². The molecule has 1 amide bonds. The summed E-state index contributed by atoms with van der Waals surface area (Å²) in [6, 6.07) is 7.79. The molecule has 0 radical (unpaired) electrons. The van der Waals surface area contributed by atoms with Gasteiger partial charge in [-0.2, -0.15) is 0 Å². The van der Waals surface area contributed by atoms with Gasteiger partial charge in [0.15, 0.2) is 0 Å². The maximum Gasteiger partial charge on any atom is 0.236 e. The molecule has 1 saturated heterocycles. The highest BCUT2D eigenvalue weighted by molar-refractivity contribution is 5.78. The number of piperazine rings is 1. The topological polar surface area (TPSA) is 58.8 Å². The molecule has 0 bridgehead atoms. The number of benzene rings is 1. The van der Waals surface area contributed by atoms with Gasteiger partial charge in [-0.05, 0) is 6.07 Å². The Balaban J connectivity index is 1.79. The summed E-state index contributed by atoms with van der Waals surface area (Å²) < 4.78 is 5.75. The molecule has 5 nitrogen and oxygen atoms in total. The lowest BCUT2D eigenvalue weighted by atomic mass is 10.2. The number of amides is 1. The maximum atomic E-state index is 11.6. The molecule has 0 unspecified atom stereocenters. The Morgan fingerprint density at radius 3 is 2.84 bits per heavy atom. The van der Waals surface area contributed by atoms with Crippen molar-refractivity contribution in [2.75, 3.05) is 39.8 Å². The van der Waals surface area contributed by atoms with Crippen molar-refractivity contribution in [1.82, 2.24) is 9.80 Å². The molecule has 1 aliphatic heterocycles. The predicted octanol–water partition coefficient (Wildman–Crippen LogP) is 0.298. The lowest BCUT2D eigenvalue weighted by Gasteiger charge is -2.31. The predicted molar refractivity (Wildman–Crippen MR) is 73.9 cm³/mol. The smallest absolute Gasteiger partial charge is 0.236 e. The van der Waals surface area contributed by atoms with Crippen LogP contribution in [0.4, 0.5) is 0 Å². The first-order valence-electron chi connectivity index (χ1n) is 6.58. The zero-order valence-electron chi connectivity index (χ0n) is 11.3. The molecular formula is C14H21N3O2. The average Bonchev–Trinajstić information content (AvgIpc) is 2.43. The molecule has 5 heteroatoms. The van der Waals surface area contributed by atoms with Crippen LogP contribution in [0, 0.1) is 0 Å². The lowest BCUT2D eigenvalue weighted by Crippen LogP contribution is -2.49. The quantitative estimate of drug-likeness (QED) is 0.830. The Morgan fingerprint density at radius 2 is 2.11 bits per heavy atom. The van der Waals surface area contributed by atoms with Crippen LogP contribution in [0.15, 0.2) is 24.3 Å². The molecule has 1 heterocycles. The number of hydrogen-bond acceptors (Lipinski definition) is 4. The number of carbonyl (C=O) groups excluding carboxylic acids is 1. The molecule has 0 saturated carbocycles. The maximum absolute atomic E-state index is 11.6. The number of hydrogen-bond donors (Lipinski definition) is 1. The minimum Gasteiger partial charge on any atom is -0.492 e. The Bertz CT molecular complexity index is 436. The lowest BCUT2D eigenvalue weighted by molar-refractivity contribution is -0.134. The highest BCUT2D eigenvalue weighted by Gasteiger charge is 2.20. The summed E-state index contributed by atoms with van der Waals surface area (Å²) in [4.78, 5) is 15.4. The summed E-state index contributed by atoms with van der Waals surface area (Å²) in [5.74, 6) is 1.01. The highest BCUT2D eigenvalue weighted by Crippen LogP contribution is 2.16. The van der Waals surface area contributed by atoms with E-state index in [4.69, 9.17) is 10.5 Å². The Morgan fingerprint density at radius 1 is 1.32 bits per heavy atom. The average molecular weight is 263 g/mol. The summed E-state index contributed by atoms with van der Waals surface area (Å²) >= 11 is 0. The summed E-state index contributed by atoms with van der Waals surface area (Å²) in [6.07, 6.45) is 0. The van der Waals surface area contributed by atoms with E-state index in [-0.39, 0.29) is 5.91 Å². The van der Waals surface area contributed by atoms with Crippen LogP contribution in [0.5, 0.6) is 5.75 Å². The summed E-state index contributed by atoms with van der Waals surface area (Å²) in [6.45, 7) is 4.00. The standard InChI is InChI=1S/C14H21N3O2/c1-16-6-7-17(11-14(16)18)8-9-19-13-5-3-2-4-12(13)10-15/h2-5H,6-11,15H2,1H3. The zero-order valence-corrected chi connectivity index (χ0v) is 11.3. The van der Waals surface area contributed by atoms with Crippen LogP contribution >= 0.6 is 0 Å². The van der Waals surface area contributed by atoms with E-state index in [1.54, 1.807) is 4.90 Å². The van der Waals surface area contributed by atoms with E-state index >= 15 is 0 Å². The first-order valence-corrected chi connectivity index (χ1v) is 6.58. The number of nitrogens with zero attached hydrogens (tertiary/aromatic N) is 2. The van der Waals surface area contributed by atoms with Gasteiger partial charge in [0.1, 0.15) is 12.4 Å². The number of likely N-dealkylation sites (N-methyl/N-ethyl adjacent to an activating group) is 1. The molecule has 19 heavy (non-hydrogen) atoms. The Labute approximate surface area is 113 Å². The highest BCUT2D eigenvalue weighted by atomic mass is 16.5. The van der Waals surface area contributed by atoms with E-state index in [0.717, 1.165) is 30.9 Å². The second-order valence-electron chi connectivity index (χ2n) is 4.75. The van der Waals surface area contributed by atoms with Crippen molar-refractivity contribution in [3.63, 3.8) is 0 Å². The Hall–Kier alpha value is -1.59. The van der Waals surface area contributed by atoms with Crippen LogP contribution in [-0.2, 0) is 11.3 Å². The van der Waals surface area contributed by atoms with Gasteiger partial charge in [0, 0.05) is 38.8 Å². The third-order valence-corrected chi connectivity index (χ3v) is 3.39. The molecule has 104 valence electrons. The molecule has 0 atom stereocenters. The van der Waals surface area contributed by atoms with Crippen molar-refractivity contribution in [2.45, 2.75) is 6.54 Å². The minimum atomic E-state index is 0.175. The van der Waals surface area contributed by atoms with Crippen LogP contribution in [0.1, 0.15) is 5.56 Å². The molecule has 1 fully saturated rings. The van der Waals surface area contributed by atoms with Crippen molar-refractivity contribution in [3.8, 4) is 5.75 Å². The second kappa shape index (κ2) is 6.54. The van der Waals surface area contributed by atoms with Gasteiger partial charge in [-0.3, -0.25) is 9.69 Å². The van der Waals surface area contributed by atoms with Crippen molar-refractivity contribution < 1.29 is 9.53 Å². The van der Waals surface area contributed by atoms with E-state index in [1.165, 1.54) is 0 Å². The largest absolute Gasteiger partial charge is 0.492 e. The second-order valence-corrected chi connectivity index (χ2v) is 4.75. The van der Waals surface area contributed by atoms with Crippen LogP contribution in [0.3, 0.4) is 0 Å². The molecule has 0 aromatic heterocycles. The molecular weight excluding hydrogens is 242 g/mol. The van der Waals surface area contributed by atoms with Gasteiger partial charge in [-0.1, -0.05) is 18.2 Å². The van der Waals surface area contributed by atoms with E-state index < -0.39 is 0 Å². The van der Waals surface area contributed by atoms with E-state index in [2.05, 4.69) is 4.90 Å². The van der Waals surface area contributed by atoms with Gasteiger partial charge in [0.2, 0.25) is 5.91 Å². The molecule has 2 N–H and O–H groups in total. The third kappa shape index (κ3) is 3.68. The molecule has 0 aliphatic carbocycles. The van der Waals surface area contributed by atoms with Gasteiger partial charge >= 0.3 is 0 Å². The van der Waals surface area contributed by atoms with Crippen molar-refractivity contribution in [1.29, 1.82) is 0 Å². The van der Waals surface area contributed by atoms with Crippen LogP contribution in [0.25, 0.3) is 0 Å².